The number of benzene rings is 1. The first-order chi connectivity index (χ1) is 9.10. The van der Waals surface area contributed by atoms with Crippen molar-refractivity contribution in [1.82, 2.24) is 5.32 Å². The molecule has 1 N–H and O–H groups in total. The Bertz CT molecular complexity index is 441. The maximum atomic E-state index is 13.6. The van der Waals surface area contributed by atoms with Crippen molar-refractivity contribution in [1.29, 1.82) is 0 Å². The zero-order valence-electron chi connectivity index (χ0n) is 10.6. The van der Waals surface area contributed by atoms with Gasteiger partial charge in [-0.2, -0.15) is 4.39 Å². The maximum Gasteiger partial charge on any atom is 0.200 e. The molecular formula is C13H16BrF2NO2. The Morgan fingerprint density at radius 3 is 2.79 bits per heavy atom. The molecule has 0 amide bonds. The number of halogens is 3. The summed E-state index contributed by atoms with van der Waals surface area (Å²) in [7, 11) is 1.55. The molecule has 1 unspecified atom stereocenters. The van der Waals surface area contributed by atoms with Crippen LogP contribution >= 0.6 is 15.9 Å². The molecule has 106 valence electrons. The molecule has 0 saturated heterocycles. The van der Waals surface area contributed by atoms with E-state index in [0.29, 0.717) is 23.7 Å². The fraction of sp³-hybridized carbons (Fsp3) is 0.538. The predicted octanol–water partition coefficient (Wildman–Crippen LogP) is 2.87. The molecular weight excluding hydrogens is 320 g/mol. The second-order valence-corrected chi connectivity index (χ2v) is 5.49. The molecule has 0 bridgehead atoms. The molecule has 1 fully saturated rings. The molecule has 0 radical (unpaired) electrons. The minimum absolute atomic E-state index is 0.105. The summed E-state index contributed by atoms with van der Waals surface area (Å²) in [5.74, 6) is -2.02. The van der Waals surface area contributed by atoms with E-state index in [-0.39, 0.29) is 11.9 Å². The lowest BCUT2D eigenvalue weighted by molar-refractivity contribution is 0.0771. The van der Waals surface area contributed by atoms with E-state index in [0.717, 1.165) is 18.9 Å². The van der Waals surface area contributed by atoms with Crippen molar-refractivity contribution in [2.75, 3.05) is 20.3 Å². The minimum atomic E-state index is -0.976. The van der Waals surface area contributed by atoms with Gasteiger partial charge in [-0.3, -0.25) is 0 Å². The summed E-state index contributed by atoms with van der Waals surface area (Å²) in [6.45, 7) is 0.860. The van der Waals surface area contributed by atoms with Gasteiger partial charge in [-0.1, -0.05) is 15.9 Å². The number of rotatable bonds is 7. The van der Waals surface area contributed by atoms with Crippen LogP contribution in [0.1, 0.15) is 12.8 Å². The molecule has 0 aliphatic heterocycles. The summed E-state index contributed by atoms with van der Waals surface area (Å²) in [6.07, 6.45) is 1.95. The third-order valence-electron chi connectivity index (χ3n) is 2.82. The monoisotopic (exact) mass is 335 g/mol. The van der Waals surface area contributed by atoms with Gasteiger partial charge in [0.15, 0.2) is 11.6 Å². The van der Waals surface area contributed by atoms with Crippen LogP contribution in [0.5, 0.6) is 5.75 Å². The first-order valence-corrected chi connectivity index (χ1v) is 6.93. The molecule has 1 aliphatic carbocycles. The standard InChI is InChI=1S/C13H16BrF2NO2/c1-18-7-10(6-17-9-2-3-9)19-12-5-8(14)4-11(15)13(12)16/h4-5,9-10,17H,2-3,6-7H2,1H3. The van der Waals surface area contributed by atoms with Gasteiger partial charge in [-0.25, -0.2) is 4.39 Å². The lowest BCUT2D eigenvalue weighted by Gasteiger charge is -2.19. The van der Waals surface area contributed by atoms with Crippen LogP contribution in [-0.4, -0.2) is 32.4 Å². The fourth-order valence-corrected chi connectivity index (χ4v) is 2.11. The van der Waals surface area contributed by atoms with E-state index < -0.39 is 11.6 Å². The average molecular weight is 336 g/mol. The normalized spacial score (nSPS) is 16.4. The SMILES string of the molecule is COCC(CNC1CC1)Oc1cc(Br)cc(F)c1F. The molecule has 1 aromatic carbocycles. The topological polar surface area (TPSA) is 30.5 Å². The van der Waals surface area contributed by atoms with E-state index in [1.54, 1.807) is 7.11 Å². The number of methoxy groups -OCH3 is 1. The highest BCUT2D eigenvalue weighted by atomic mass is 79.9. The predicted molar refractivity (Wildman–Crippen MR) is 71.4 cm³/mol. The lowest BCUT2D eigenvalue weighted by Crippen LogP contribution is -2.36. The zero-order chi connectivity index (χ0) is 13.8. The van der Waals surface area contributed by atoms with Crippen molar-refractivity contribution in [3.63, 3.8) is 0 Å². The van der Waals surface area contributed by atoms with Gasteiger partial charge in [-0.15, -0.1) is 0 Å². The Morgan fingerprint density at radius 2 is 2.16 bits per heavy atom. The van der Waals surface area contributed by atoms with Crippen LogP contribution in [0.4, 0.5) is 8.78 Å². The fourth-order valence-electron chi connectivity index (χ4n) is 1.70. The van der Waals surface area contributed by atoms with Crippen LogP contribution in [-0.2, 0) is 4.74 Å². The molecule has 0 aromatic heterocycles. The molecule has 1 aliphatic rings. The summed E-state index contributed by atoms with van der Waals surface area (Å²) in [6, 6.07) is 3.00. The molecule has 0 heterocycles. The maximum absolute atomic E-state index is 13.6. The van der Waals surface area contributed by atoms with E-state index in [4.69, 9.17) is 9.47 Å². The largest absolute Gasteiger partial charge is 0.483 e. The van der Waals surface area contributed by atoms with Gasteiger partial charge in [-0.05, 0) is 25.0 Å². The van der Waals surface area contributed by atoms with Gasteiger partial charge >= 0.3 is 0 Å². The Balaban J connectivity index is 2.02. The lowest BCUT2D eigenvalue weighted by atomic mass is 10.3. The Kier molecular flexibility index (Phi) is 5.13. The molecule has 19 heavy (non-hydrogen) atoms. The van der Waals surface area contributed by atoms with E-state index in [1.165, 1.54) is 6.07 Å². The number of nitrogens with one attached hydrogen (secondary N) is 1. The highest BCUT2D eigenvalue weighted by molar-refractivity contribution is 9.10. The van der Waals surface area contributed by atoms with E-state index in [2.05, 4.69) is 21.2 Å². The number of hydrogen-bond acceptors (Lipinski definition) is 3. The van der Waals surface area contributed by atoms with Gasteiger partial charge < -0.3 is 14.8 Å². The smallest absolute Gasteiger partial charge is 0.200 e. The highest BCUT2D eigenvalue weighted by Gasteiger charge is 2.23. The second-order valence-electron chi connectivity index (χ2n) is 4.58. The van der Waals surface area contributed by atoms with Crippen molar-refractivity contribution in [2.24, 2.45) is 0 Å². The van der Waals surface area contributed by atoms with Crippen LogP contribution in [0.3, 0.4) is 0 Å². The zero-order valence-corrected chi connectivity index (χ0v) is 12.2. The van der Waals surface area contributed by atoms with Gasteiger partial charge in [0.1, 0.15) is 6.10 Å². The number of ether oxygens (including phenoxy) is 2. The van der Waals surface area contributed by atoms with Crippen LogP contribution in [0.15, 0.2) is 16.6 Å². The highest BCUT2D eigenvalue weighted by Crippen LogP contribution is 2.26. The first-order valence-electron chi connectivity index (χ1n) is 6.13. The van der Waals surface area contributed by atoms with Crippen molar-refractivity contribution in [2.45, 2.75) is 25.0 Å². The van der Waals surface area contributed by atoms with E-state index >= 15 is 0 Å². The van der Waals surface area contributed by atoms with Gasteiger partial charge in [0.05, 0.1) is 6.61 Å². The summed E-state index contributed by atoms with van der Waals surface area (Å²) in [5.41, 5.74) is 0. The van der Waals surface area contributed by atoms with E-state index in [9.17, 15) is 8.78 Å². The van der Waals surface area contributed by atoms with Crippen LogP contribution in [0, 0.1) is 11.6 Å². The third-order valence-corrected chi connectivity index (χ3v) is 3.28. The molecule has 2 rings (SSSR count). The number of hydrogen-bond donors (Lipinski definition) is 1. The molecule has 1 saturated carbocycles. The van der Waals surface area contributed by atoms with Crippen molar-refractivity contribution in [3.05, 3.63) is 28.2 Å². The van der Waals surface area contributed by atoms with Crippen LogP contribution < -0.4 is 10.1 Å². The minimum Gasteiger partial charge on any atom is -0.483 e. The van der Waals surface area contributed by atoms with Crippen molar-refractivity contribution < 1.29 is 18.3 Å². The Morgan fingerprint density at radius 1 is 1.42 bits per heavy atom. The summed E-state index contributed by atoms with van der Waals surface area (Å²) in [4.78, 5) is 0. The Labute approximate surface area is 119 Å². The van der Waals surface area contributed by atoms with Crippen molar-refractivity contribution in [3.8, 4) is 5.75 Å². The quantitative estimate of drug-likeness (QED) is 0.777. The van der Waals surface area contributed by atoms with Gasteiger partial charge in [0.25, 0.3) is 0 Å². The van der Waals surface area contributed by atoms with Crippen LogP contribution in [0.25, 0.3) is 0 Å². The van der Waals surface area contributed by atoms with E-state index in [1.807, 2.05) is 0 Å². The molecule has 6 heteroatoms. The van der Waals surface area contributed by atoms with Crippen LogP contribution in [0.2, 0.25) is 0 Å². The average Bonchev–Trinajstić information content (AvgIpc) is 3.16. The third kappa shape index (κ3) is 4.40. The second kappa shape index (κ2) is 6.63. The van der Waals surface area contributed by atoms with Gasteiger partial charge in [0.2, 0.25) is 5.82 Å². The molecule has 3 nitrogen and oxygen atoms in total. The van der Waals surface area contributed by atoms with Gasteiger partial charge in [0, 0.05) is 24.2 Å². The van der Waals surface area contributed by atoms with Crippen molar-refractivity contribution >= 4 is 15.9 Å². The first kappa shape index (κ1) is 14.7. The molecule has 1 aromatic rings. The molecule has 0 spiro atoms. The summed E-state index contributed by atoms with van der Waals surface area (Å²) in [5, 5.41) is 3.28. The summed E-state index contributed by atoms with van der Waals surface area (Å²) >= 11 is 3.11. The Hall–Kier alpha value is -0.720. The molecule has 1 atom stereocenters. The summed E-state index contributed by atoms with van der Waals surface area (Å²) < 4.78 is 37.8.